The Morgan fingerprint density at radius 1 is 1.21 bits per heavy atom. The third-order valence-corrected chi connectivity index (χ3v) is 5.56. The summed E-state index contributed by atoms with van der Waals surface area (Å²) >= 11 is -0.550. The van der Waals surface area contributed by atoms with Gasteiger partial charge in [-0.3, -0.25) is 0 Å². The van der Waals surface area contributed by atoms with Gasteiger partial charge in [-0.1, -0.05) is 54.7 Å². The summed E-state index contributed by atoms with van der Waals surface area (Å²) < 4.78 is 10.1. The van der Waals surface area contributed by atoms with Crippen LogP contribution in [-0.4, -0.2) is 19.0 Å². The van der Waals surface area contributed by atoms with Crippen LogP contribution in [0.4, 0.5) is 0 Å². The molecule has 1 aromatic rings. The topological polar surface area (TPSA) is 37.3 Å². The molecule has 0 aliphatic rings. The van der Waals surface area contributed by atoms with Gasteiger partial charge in [0.25, 0.3) is 0 Å². The van der Waals surface area contributed by atoms with E-state index in [1.165, 1.54) is 10.6 Å². The van der Waals surface area contributed by atoms with Gasteiger partial charge in [-0.25, -0.2) is 0 Å². The maximum atomic E-state index is 8.51. The van der Waals surface area contributed by atoms with Crippen molar-refractivity contribution in [2.75, 3.05) is 0 Å². The molecular formula is C10H17AlO2P+. The van der Waals surface area contributed by atoms with Gasteiger partial charge in [0.15, 0.2) is 0 Å². The predicted octanol–water partition coefficient (Wildman–Crippen LogP) is 2.35. The van der Waals surface area contributed by atoms with E-state index in [1.54, 1.807) is 4.43 Å². The second-order valence-corrected chi connectivity index (χ2v) is 6.89. The summed E-state index contributed by atoms with van der Waals surface area (Å²) in [5.41, 5.74) is 0. The molecule has 1 aromatic carbocycles. The van der Waals surface area contributed by atoms with Crippen molar-refractivity contribution in [3.05, 3.63) is 30.3 Å². The van der Waals surface area contributed by atoms with Crippen molar-refractivity contribution in [2.45, 2.75) is 24.4 Å². The average molecular weight is 227 g/mol. The minimum absolute atomic E-state index is 0.550. The first-order valence-corrected chi connectivity index (χ1v) is 7.92. The molecule has 1 atom stereocenters. The zero-order valence-corrected chi connectivity index (χ0v) is 10.9. The van der Waals surface area contributed by atoms with Crippen LogP contribution in [-0.2, 0) is 4.57 Å². The van der Waals surface area contributed by atoms with E-state index in [0.29, 0.717) is 0 Å². The molecule has 0 aliphatic heterocycles. The predicted molar refractivity (Wildman–Crippen MR) is 64.0 cm³/mol. The van der Waals surface area contributed by atoms with Crippen molar-refractivity contribution in [2.24, 2.45) is 0 Å². The Kier molecular flexibility index (Phi) is 9.25. The summed E-state index contributed by atoms with van der Waals surface area (Å²) in [5.74, 6) is 0. The molecule has 0 saturated heterocycles. The van der Waals surface area contributed by atoms with E-state index in [2.05, 4.69) is 44.2 Å². The van der Waals surface area contributed by atoms with E-state index in [9.17, 15) is 0 Å². The van der Waals surface area contributed by atoms with Gasteiger partial charge in [0.05, 0.1) is 0 Å². The van der Waals surface area contributed by atoms with Crippen LogP contribution in [0.15, 0.2) is 30.3 Å². The first-order valence-electron chi connectivity index (χ1n) is 4.86. The standard InChI is InChI=1S/C6H5.2C2H5.Al.HO2P/c1-2-4-6-5-3-1;2*1-2;;1-3-2/h1-5H;2*1H2,2H3;;3H/p+1. The number of rotatable bonds is 3. The molecule has 0 radical (unpaired) electrons. The fourth-order valence-corrected chi connectivity index (χ4v) is 3.77. The molecule has 0 fully saturated rings. The smallest absolute Gasteiger partial charge is 0.162 e. The molecule has 0 aliphatic carbocycles. The van der Waals surface area contributed by atoms with Gasteiger partial charge in [-0.05, 0) is 4.57 Å². The van der Waals surface area contributed by atoms with E-state index in [0.717, 1.165) is 0 Å². The van der Waals surface area contributed by atoms with E-state index < -0.39 is 22.8 Å². The average Bonchev–Trinajstić information content (AvgIpc) is 2.22. The molecule has 1 N–H and O–H groups in total. The second-order valence-electron chi connectivity index (χ2n) is 3.02. The molecule has 0 heterocycles. The van der Waals surface area contributed by atoms with Crippen LogP contribution in [0.5, 0.6) is 0 Å². The van der Waals surface area contributed by atoms with E-state index in [1.807, 2.05) is 0 Å². The Morgan fingerprint density at radius 2 is 1.64 bits per heavy atom. The lowest BCUT2D eigenvalue weighted by Gasteiger charge is -2.05. The Bertz CT molecular complexity index is 237. The largest absolute Gasteiger partial charge is 0.491 e. The second kappa shape index (κ2) is 9.37. The molecule has 1 rings (SSSR count). The van der Waals surface area contributed by atoms with Gasteiger partial charge in [-0.2, -0.15) is 4.89 Å². The molecule has 14 heavy (non-hydrogen) atoms. The first-order chi connectivity index (χ1) is 6.79. The molecule has 2 nitrogen and oxygen atoms in total. The fourth-order valence-electron chi connectivity index (χ4n) is 1.49. The Hall–Kier alpha value is -0.188. The summed E-state index contributed by atoms with van der Waals surface area (Å²) in [6, 6.07) is 11.0. The van der Waals surface area contributed by atoms with Crippen molar-refractivity contribution in [3.63, 3.8) is 0 Å². The third-order valence-electron chi connectivity index (χ3n) is 2.26. The highest BCUT2D eigenvalue weighted by atomic mass is 31.1. The molecule has 0 spiro atoms. The van der Waals surface area contributed by atoms with Gasteiger partial charge in [-0.15, -0.1) is 4.43 Å². The number of benzene rings is 1. The molecule has 1 unspecified atom stereocenters. The van der Waals surface area contributed by atoms with Crippen LogP contribution >= 0.6 is 8.69 Å². The summed E-state index contributed by atoms with van der Waals surface area (Å²) in [7, 11) is -1.17. The minimum Gasteiger partial charge on any atom is -0.162 e. The Labute approximate surface area is 91.6 Å². The summed E-state index contributed by atoms with van der Waals surface area (Å²) in [6.07, 6.45) is 0. The lowest BCUT2D eigenvalue weighted by atomic mass is 10.4. The lowest BCUT2D eigenvalue weighted by Crippen LogP contribution is -2.27. The van der Waals surface area contributed by atoms with Crippen LogP contribution < -0.4 is 4.43 Å². The van der Waals surface area contributed by atoms with Crippen LogP contribution in [0.25, 0.3) is 0 Å². The maximum Gasteiger partial charge on any atom is 0.491 e. The zero-order valence-electron chi connectivity index (χ0n) is 8.73. The van der Waals surface area contributed by atoms with Gasteiger partial charge in [0.1, 0.15) is 0 Å². The molecule has 76 valence electrons. The van der Waals surface area contributed by atoms with Crippen LogP contribution in [0, 0.1) is 0 Å². The maximum absolute atomic E-state index is 8.51. The molecule has 0 bridgehead atoms. The quantitative estimate of drug-likeness (QED) is 0.635. The normalized spacial score (nSPS) is 9.07. The molecule has 0 aromatic heterocycles. The first kappa shape index (κ1) is 13.8. The summed E-state index contributed by atoms with van der Waals surface area (Å²) in [5, 5.41) is 2.78. The van der Waals surface area contributed by atoms with Crippen molar-refractivity contribution in [1.29, 1.82) is 0 Å². The van der Waals surface area contributed by atoms with E-state index >= 15 is 0 Å². The number of hydrogen-bond donors (Lipinski definition) is 1. The molecular weight excluding hydrogens is 210 g/mol. The highest BCUT2D eigenvalue weighted by Gasteiger charge is 2.12. The molecule has 4 heteroatoms. The molecule has 0 saturated carbocycles. The van der Waals surface area contributed by atoms with Crippen molar-refractivity contribution >= 4 is 27.3 Å². The third kappa shape index (κ3) is 5.52. The SMILES string of the molecule is C[CH2][Al]([CH2]C)[c]1ccccc1.O=[PH+]O. The van der Waals surface area contributed by atoms with Crippen molar-refractivity contribution in [1.82, 2.24) is 0 Å². The lowest BCUT2D eigenvalue weighted by molar-refractivity contribution is 0.524. The van der Waals surface area contributed by atoms with Gasteiger partial charge < -0.3 is 0 Å². The van der Waals surface area contributed by atoms with Crippen molar-refractivity contribution in [3.8, 4) is 0 Å². The van der Waals surface area contributed by atoms with Gasteiger partial charge in [0, 0.05) is 0 Å². The highest BCUT2D eigenvalue weighted by molar-refractivity contribution is 7.16. The summed E-state index contributed by atoms with van der Waals surface area (Å²) in [4.78, 5) is 7.04. The zero-order chi connectivity index (χ0) is 10.8. The number of hydrogen-bond acceptors (Lipinski definition) is 1. The fraction of sp³-hybridized carbons (Fsp3) is 0.400. The molecule has 0 amide bonds. The van der Waals surface area contributed by atoms with Crippen LogP contribution in [0.2, 0.25) is 10.6 Å². The van der Waals surface area contributed by atoms with Crippen LogP contribution in [0.3, 0.4) is 0 Å². The summed E-state index contributed by atoms with van der Waals surface area (Å²) in [6.45, 7) is 4.63. The van der Waals surface area contributed by atoms with E-state index in [-0.39, 0.29) is 0 Å². The Balaban J connectivity index is 0.000000500. The van der Waals surface area contributed by atoms with Crippen LogP contribution in [0.1, 0.15) is 13.8 Å². The van der Waals surface area contributed by atoms with Crippen molar-refractivity contribution < 1.29 is 9.46 Å². The minimum atomic E-state index is -1.17. The monoisotopic (exact) mass is 227 g/mol. The van der Waals surface area contributed by atoms with Gasteiger partial charge >= 0.3 is 22.8 Å². The Morgan fingerprint density at radius 3 is 2.00 bits per heavy atom. The van der Waals surface area contributed by atoms with E-state index in [4.69, 9.17) is 9.46 Å². The van der Waals surface area contributed by atoms with Gasteiger partial charge in [0.2, 0.25) is 0 Å². The highest BCUT2D eigenvalue weighted by Crippen LogP contribution is 1.98.